The Balaban J connectivity index is 2.52. The lowest BCUT2D eigenvalue weighted by atomic mass is 9.87. The van der Waals surface area contributed by atoms with Crippen molar-refractivity contribution in [2.24, 2.45) is 11.3 Å². The number of carbonyl (C=O) groups is 2. The lowest BCUT2D eigenvalue weighted by Crippen LogP contribution is -2.42. The van der Waals surface area contributed by atoms with E-state index in [1.165, 1.54) is 0 Å². The maximum absolute atomic E-state index is 12.2. The third-order valence-electron chi connectivity index (χ3n) is 3.54. The fourth-order valence-corrected chi connectivity index (χ4v) is 2.62. The van der Waals surface area contributed by atoms with Crippen LogP contribution in [0.5, 0.6) is 0 Å². The SMILES string of the molecule is CN1CCC(CN(C)C(=O)C(C)(C)CC(=O)O)C1. The molecule has 0 saturated carbocycles. The first-order chi connectivity index (χ1) is 8.22. The van der Waals surface area contributed by atoms with Gasteiger partial charge in [0.2, 0.25) is 5.91 Å². The number of aliphatic carboxylic acids is 1. The standard InChI is InChI=1S/C13H24N2O3/c1-13(2,7-11(16)17)12(18)15(4)9-10-5-6-14(3)8-10/h10H,5-9H2,1-4H3,(H,16,17). The van der Waals surface area contributed by atoms with Gasteiger partial charge in [-0.05, 0) is 25.9 Å². The first-order valence-electron chi connectivity index (χ1n) is 6.38. The van der Waals surface area contributed by atoms with Gasteiger partial charge in [-0.15, -0.1) is 0 Å². The van der Waals surface area contributed by atoms with E-state index in [-0.39, 0.29) is 12.3 Å². The summed E-state index contributed by atoms with van der Waals surface area (Å²) in [7, 11) is 3.85. The number of carbonyl (C=O) groups excluding carboxylic acids is 1. The summed E-state index contributed by atoms with van der Waals surface area (Å²) in [4.78, 5) is 26.9. The maximum Gasteiger partial charge on any atom is 0.304 e. The summed E-state index contributed by atoms with van der Waals surface area (Å²) >= 11 is 0. The summed E-state index contributed by atoms with van der Waals surface area (Å²) in [6, 6.07) is 0. The Hall–Kier alpha value is -1.10. The highest BCUT2D eigenvalue weighted by molar-refractivity contribution is 5.86. The van der Waals surface area contributed by atoms with E-state index in [2.05, 4.69) is 11.9 Å². The molecular weight excluding hydrogens is 232 g/mol. The molecule has 1 N–H and O–H groups in total. The number of likely N-dealkylation sites (tertiary alicyclic amines) is 1. The molecular formula is C13H24N2O3. The van der Waals surface area contributed by atoms with Crippen molar-refractivity contribution in [1.29, 1.82) is 0 Å². The Morgan fingerprint density at radius 3 is 2.50 bits per heavy atom. The van der Waals surface area contributed by atoms with Gasteiger partial charge in [-0.2, -0.15) is 0 Å². The van der Waals surface area contributed by atoms with Crippen LogP contribution in [0.15, 0.2) is 0 Å². The van der Waals surface area contributed by atoms with E-state index in [4.69, 9.17) is 5.11 Å². The van der Waals surface area contributed by atoms with Crippen molar-refractivity contribution in [2.45, 2.75) is 26.7 Å². The van der Waals surface area contributed by atoms with E-state index in [1.54, 1.807) is 25.8 Å². The van der Waals surface area contributed by atoms with Crippen molar-refractivity contribution in [3.8, 4) is 0 Å². The van der Waals surface area contributed by atoms with Gasteiger partial charge in [0.1, 0.15) is 0 Å². The Kier molecular flexibility index (Phi) is 4.73. The summed E-state index contributed by atoms with van der Waals surface area (Å²) in [5.74, 6) is -0.508. The van der Waals surface area contributed by atoms with Crippen LogP contribution in [0.25, 0.3) is 0 Å². The number of hydrogen-bond donors (Lipinski definition) is 1. The van der Waals surface area contributed by atoms with Gasteiger partial charge in [0, 0.05) is 20.1 Å². The highest BCUT2D eigenvalue weighted by Gasteiger charge is 2.34. The molecule has 0 bridgehead atoms. The van der Waals surface area contributed by atoms with Gasteiger partial charge in [-0.25, -0.2) is 0 Å². The highest BCUT2D eigenvalue weighted by Crippen LogP contribution is 2.24. The molecule has 0 aromatic rings. The Bertz CT molecular complexity index is 328. The lowest BCUT2D eigenvalue weighted by molar-refractivity contribution is -0.148. The quantitative estimate of drug-likeness (QED) is 0.794. The lowest BCUT2D eigenvalue weighted by Gasteiger charge is -2.29. The normalized spacial score (nSPS) is 21.0. The van der Waals surface area contributed by atoms with Crippen LogP contribution in [-0.4, -0.2) is 60.5 Å². The fraction of sp³-hybridized carbons (Fsp3) is 0.846. The summed E-state index contributed by atoms with van der Waals surface area (Å²) in [5.41, 5.74) is -0.828. The third kappa shape index (κ3) is 3.98. The molecule has 104 valence electrons. The van der Waals surface area contributed by atoms with Crippen molar-refractivity contribution in [2.75, 3.05) is 33.7 Å². The van der Waals surface area contributed by atoms with Gasteiger partial charge in [0.15, 0.2) is 0 Å². The first kappa shape index (κ1) is 15.0. The van der Waals surface area contributed by atoms with E-state index in [1.807, 2.05) is 0 Å². The molecule has 1 aliphatic heterocycles. The molecule has 1 amide bonds. The van der Waals surface area contributed by atoms with E-state index in [9.17, 15) is 9.59 Å². The molecule has 1 atom stereocenters. The van der Waals surface area contributed by atoms with Crippen molar-refractivity contribution in [1.82, 2.24) is 9.80 Å². The molecule has 0 aromatic carbocycles. The van der Waals surface area contributed by atoms with Gasteiger partial charge < -0.3 is 14.9 Å². The zero-order valence-electron chi connectivity index (χ0n) is 11.8. The number of amides is 1. The van der Waals surface area contributed by atoms with Gasteiger partial charge in [0.05, 0.1) is 11.8 Å². The number of hydrogen-bond acceptors (Lipinski definition) is 3. The Labute approximate surface area is 109 Å². The number of rotatable bonds is 5. The van der Waals surface area contributed by atoms with E-state index < -0.39 is 11.4 Å². The van der Waals surface area contributed by atoms with Crippen LogP contribution in [0, 0.1) is 11.3 Å². The predicted octanol–water partition coefficient (Wildman–Crippen LogP) is 0.897. The summed E-state index contributed by atoms with van der Waals surface area (Å²) in [6.45, 7) is 6.19. The molecule has 18 heavy (non-hydrogen) atoms. The van der Waals surface area contributed by atoms with Gasteiger partial charge >= 0.3 is 5.97 Å². The van der Waals surface area contributed by atoms with Crippen molar-refractivity contribution in [3.63, 3.8) is 0 Å². The van der Waals surface area contributed by atoms with Crippen LogP contribution in [0.4, 0.5) is 0 Å². The minimum absolute atomic E-state index is 0.0838. The average molecular weight is 256 g/mol. The minimum atomic E-state index is -0.928. The zero-order valence-corrected chi connectivity index (χ0v) is 11.8. The number of carboxylic acid groups (broad SMARTS) is 1. The van der Waals surface area contributed by atoms with Crippen molar-refractivity contribution >= 4 is 11.9 Å². The van der Waals surface area contributed by atoms with Crippen LogP contribution in [-0.2, 0) is 9.59 Å². The maximum atomic E-state index is 12.2. The molecule has 1 unspecified atom stereocenters. The smallest absolute Gasteiger partial charge is 0.304 e. The number of nitrogens with zero attached hydrogens (tertiary/aromatic N) is 2. The molecule has 1 rings (SSSR count). The van der Waals surface area contributed by atoms with Crippen molar-refractivity contribution < 1.29 is 14.7 Å². The topological polar surface area (TPSA) is 60.9 Å². The van der Waals surface area contributed by atoms with Gasteiger partial charge in [-0.1, -0.05) is 13.8 Å². The first-order valence-corrected chi connectivity index (χ1v) is 6.38. The van der Waals surface area contributed by atoms with E-state index in [0.29, 0.717) is 12.5 Å². The van der Waals surface area contributed by atoms with Gasteiger partial charge in [-0.3, -0.25) is 9.59 Å². The Morgan fingerprint density at radius 1 is 1.44 bits per heavy atom. The summed E-state index contributed by atoms with van der Waals surface area (Å²) in [6.07, 6.45) is 0.980. The molecule has 5 nitrogen and oxygen atoms in total. The largest absolute Gasteiger partial charge is 0.481 e. The highest BCUT2D eigenvalue weighted by atomic mass is 16.4. The van der Waals surface area contributed by atoms with E-state index in [0.717, 1.165) is 19.5 Å². The molecule has 5 heteroatoms. The second kappa shape index (κ2) is 5.69. The minimum Gasteiger partial charge on any atom is -0.481 e. The van der Waals surface area contributed by atoms with Crippen LogP contribution in [0.2, 0.25) is 0 Å². The van der Waals surface area contributed by atoms with Crippen LogP contribution in [0.3, 0.4) is 0 Å². The molecule has 0 spiro atoms. The summed E-state index contributed by atoms with van der Waals surface area (Å²) < 4.78 is 0. The van der Waals surface area contributed by atoms with E-state index >= 15 is 0 Å². The molecule has 1 fully saturated rings. The van der Waals surface area contributed by atoms with Crippen molar-refractivity contribution in [3.05, 3.63) is 0 Å². The molecule has 0 radical (unpaired) electrons. The average Bonchev–Trinajstić information content (AvgIpc) is 2.60. The molecule has 1 saturated heterocycles. The molecule has 1 aliphatic rings. The molecule has 1 heterocycles. The predicted molar refractivity (Wildman–Crippen MR) is 69.3 cm³/mol. The second-order valence-electron chi connectivity index (χ2n) is 6.06. The third-order valence-corrected chi connectivity index (χ3v) is 3.54. The molecule has 0 aromatic heterocycles. The van der Waals surface area contributed by atoms with Crippen LogP contribution in [0.1, 0.15) is 26.7 Å². The zero-order chi connectivity index (χ0) is 13.9. The van der Waals surface area contributed by atoms with Crippen LogP contribution < -0.4 is 0 Å². The number of carboxylic acids is 1. The fourth-order valence-electron chi connectivity index (χ4n) is 2.62. The molecule has 0 aliphatic carbocycles. The van der Waals surface area contributed by atoms with Gasteiger partial charge in [0.25, 0.3) is 0 Å². The monoisotopic (exact) mass is 256 g/mol. The van der Waals surface area contributed by atoms with Crippen LogP contribution >= 0.6 is 0 Å². The second-order valence-corrected chi connectivity index (χ2v) is 6.06. The Morgan fingerprint density at radius 2 is 2.06 bits per heavy atom. The summed E-state index contributed by atoms with van der Waals surface area (Å²) in [5, 5.41) is 8.82.